The van der Waals surface area contributed by atoms with Gasteiger partial charge in [-0.3, -0.25) is 4.79 Å². The van der Waals surface area contributed by atoms with Crippen LogP contribution in [0.15, 0.2) is 43.6 Å². The van der Waals surface area contributed by atoms with Crippen molar-refractivity contribution in [2.24, 2.45) is 0 Å². The van der Waals surface area contributed by atoms with Crippen LogP contribution in [0.25, 0.3) is 0 Å². The molecule has 0 spiro atoms. The fourth-order valence-electron chi connectivity index (χ4n) is 1.89. The van der Waals surface area contributed by atoms with Crippen LogP contribution >= 0.6 is 27.7 Å². The first-order valence-corrected chi connectivity index (χ1v) is 8.27. The van der Waals surface area contributed by atoms with E-state index in [1.54, 1.807) is 0 Å². The van der Waals surface area contributed by atoms with E-state index in [0.717, 1.165) is 15.9 Å². The summed E-state index contributed by atoms with van der Waals surface area (Å²) in [6, 6.07) is 8.08. The smallest absolute Gasteiger partial charge is 0.253 e. The van der Waals surface area contributed by atoms with Crippen molar-refractivity contribution in [3.63, 3.8) is 0 Å². The maximum Gasteiger partial charge on any atom is 0.253 e. The fourth-order valence-corrected chi connectivity index (χ4v) is 3.40. The van der Waals surface area contributed by atoms with Gasteiger partial charge in [-0.2, -0.15) is 0 Å². The molecule has 0 saturated heterocycles. The molecule has 3 rings (SSSR count). The van der Waals surface area contributed by atoms with Crippen molar-refractivity contribution in [3.05, 3.63) is 44.7 Å². The van der Waals surface area contributed by atoms with Gasteiger partial charge in [0.25, 0.3) is 5.56 Å². The molecule has 1 aromatic heterocycles. The highest BCUT2D eigenvalue weighted by atomic mass is 79.9. The Morgan fingerprint density at radius 2 is 2.24 bits per heavy atom. The van der Waals surface area contributed by atoms with Gasteiger partial charge in [0.2, 0.25) is 0 Å². The predicted octanol–water partition coefficient (Wildman–Crippen LogP) is 2.52. The Labute approximate surface area is 134 Å². The van der Waals surface area contributed by atoms with E-state index in [9.17, 15) is 4.79 Å². The zero-order chi connectivity index (χ0) is 14.8. The minimum atomic E-state index is -0.241. The van der Waals surface area contributed by atoms with Gasteiger partial charge in [-0.1, -0.05) is 33.8 Å². The third-order valence-electron chi connectivity index (χ3n) is 3.14. The summed E-state index contributed by atoms with van der Waals surface area (Å²) in [5.74, 6) is 0.227. The minimum absolute atomic E-state index is 0.227. The van der Waals surface area contributed by atoms with E-state index in [0.29, 0.717) is 11.2 Å². The third kappa shape index (κ3) is 4.09. The summed E-state index contributed by atoms with van der Waals surface area (Å²) < 4.78 is 1.05. The van der Waals surface area contributed by atoms with Crippen LogP contribution in [0.2, 0.25) is 0 Å². The maximum absolute atomic E-state index is 11.4. The highest BCUT2D eigenvalue weighted by molar-refractivity contribution is 9.10. The molecule has 21 heavy (non-hydrogen) atoms. The van der Waals surface area contributed by atoms with Crippen LogP contribution in [-0.2, 0) is 6.54 Å². The largest absolute Gasteiger partial charge is 0.383 e. The number of aromatic nitrogens is 2. The van der Waals surface area contributed by atoms with Gasteiger partial charge in [0.15, 0.2) is 5.16 Å². The first-order valence-electron chi connectivity index (χ1n) is 6.66. The summed E-state index contributed by atoms with van der Waals surface area (Å²) >= 11 is 4.97. The topological polar surface area (TPSA) is 83.8 Å². The van der Waals surface area contributed by atoms with Crippen molar-refractivity contribution < 1.29 is 0 Å². The summed E-state index contributed by atoms with van der Waals surface area (Å²) in [5, 5.41) is 3.98. The Morgan fingerprint density at radius 1 is 1.43 bits per heavy atom. The molecular weight excluding hydrogens is 352 g/mol. The van der Waals surface area contributed by atoms with Gasteiger partial charge in [-0.25, -0.2) is 4.98 Å². The average molecular weight is 367 g/mol. The number of rotatable bonds is 5. The number of hydrogen-bond acceptors (Lipinski definition) is 5. The monoisotopic (exact) mass is 366 g/mol. The van der Waals surface area contributed by atoms with Crippen LogP contribution in [0.1, 0.15) is 18.4 Å². The summed E-state index contributed by atoms with van der Waals surface area (Å²) in [4.78, 5) is 19.1. The average Bonchev–Trinajstić information content (AvgIpc) is 3.20. The first kappa shape index (κ1) is 14.6. The lowest BCUT2D eigenvalue weighted by molar-refractivity contribution is 0.685. The van der Waals surface area contributed by atoms with E-state index in [2.05, 4.69) is 37.3 Å². The molecule has 1 fully saturated rings. The van der Waals surface area contributed by atoms with E-state index in [-0.39, 0.29) is 11.4 Å². The second-order valence-corrected chi connectivity index (χ2v) is 6.90. The molecule has 4 N–H and O–H groups in total. The highest BCUT2D eigenvalue weighted by Crippen LogP contribution is 2.29. The molecule has 1 saturated carbocycles. The van der Waals surface area contributed by atoms with Gasteiger partial charge in [0.05, 0.1) is 0 Å². The van der Waals surface area contributed by atoms with E-state index in [1.165, 1.54) is 36.2 Å². The maximum atomic E-state index is 11.4. The van der Waals surface area contributed by atoms with E-state index in [4.69, 9.17) is 5.73 Å². The van der Waals surface area contributed by atoms with Crippen LogP contribution in [0.5, 0.6) is 0 Å². The molecule has 7 heteroatoms. The lowest BCUT2D eigenvalue weighted by Crippen LogP contribution is -2.15. The van der Waals surface area contributed by atoms with Gasteiger partial charge in [-0.05, 0) is 30.5 Å². The second-order valence-electron chi connectivity index (χ2n) is 4.99. The van der Waals surface area contributed by atoms with Crippen LogP contribution in [0.3, 0.4) is 0 Å². The van der Waals surface area contributed by atoms with Gasteiger partial charge >= 0.3 is 0 Å². The van der Waals surface area contributed by atoms with Gasteiger partial charge in [-0.15, -0.1) is 0 Å². The molecule has 5 nitrogen and oxygen atoms in total. The number of nitrogens with one attached hydrogen (secondary N) is 2. The Bertz CT molecular complexity index is 714. The van der Waals surface area contributed by atoms with Gasteiger partial charge in [0, 0.05) is 28.0 Å². The minimum Gasteiger partial charge on any atom is -0.383 e. The molecule has 0 aliphatic heterocycles. The van der Waals surface area contributed by atoms with Gasteiger partial charge in [0.1, 0.15) is 5.82 Å². The summed E-state index contributed by atoms with van der Waals surface area (Å²) in [6.07, 6.45) is 2.56. The molecule has 1 aliphatic carbocycles. The second kappa shape index (κ2) is 6.21. The van der Waals surface area contributed by atoms with Crippen LogP contribution in [0, 0.1) is 0 Å². The summed E-state index contributed by atoms with van der Waals surface area (Å²) in [6.45, 7) is 0.865. The Kier molecular flexibility index (Phi) is 4.32. The first-order chi connectivity index (χ1) is 10.1. The number of nitrogens with two attached hydrogens (primary N) is 1. The van der Waals surface area contributed by atoms with E-state index >= 15 is 0 Å². The zero-order valence-corrected chi connectivity index (χ0v) is 13.6. The normalized spacial score (nSPS) is 14.3. The van der Waals surface area contributed by atoms with Crippen molar-refractivity contribution in [1.29, 1.82) is 0 Å². The number of halogens is 1. The number of benzene rings is 1. The molecule has 0 atom stereocenters. The Hall–Kier alpha value is -1.31. The Balaban J connectivity index is 1.73. The number of H-pyrrole nitrogens is 1. The predicted molar refractivity (Wildman–Crippen MR) is 87.4 cm³/mol. The molecular formula is C14H15BrN4OS. The molecule has 0 bridgehead atoms. The number of nitrogen functional groups attached to an aromatic ring is 1. The number of nitrogens with zero attached hydrogens (tertiary/aromatic N) is 1. The quantitative estimate of drug-likeness (QED) is 0.708. The van der Waals surface area contributed by atoms with E-state index < -0.39 is 0 Å². The zero-order valence-electron chi connectivity index (χ0n) is 11.2. The standard InChI is InChI=1S/C14H15BrN4OS/c15-11-5-10(4-1-8(11)7-17-9-2-3-9)21-14-18-12(16)6-13(20)19-14/h1,4-6,9,17H,2-3,7H2,(H3,16,18,19,20). The van der Waals surface area contributed by atoms with Crippen molar-refractivity contribution in [3.8, 4) is 0 Å². The molecule has 110 valence electrons. The van der Waals surface area contributed by atoms with Crippen LogP contribution in [-0.4, -0.2) is 16.0 Å². The molecule has 1 aromatic carbocycles. The number of anilines is 1. The summed E-state index contributed by atoms with van der Waals surface area (Å²) in [7, 11) is 0. The van der Waals surface area contributed by atoms with Crippen molar-refractivity contribution >= 4 is 33.5 Å². The van der Waals surface area contributed by atoms with Crippen molar-refractivity contribution in [2.45, 2.75) is 35.5 Å². The lowest BCUT2D eigenvalue weighted by atomic mass is 10.2. The van der Waals surface area contributed by atoms with Crippen molar-refractivity contribution in [1.82, 2.24) is 15.3 Å². The van der Waals surface area contributed by atoms with Gasteiger partial charge < -0.3 is 16.0 Å². The number of hydrogen-bond donors (Lipinski definition) is 3. The molecule has 0 unspecified atom stereocenters. The van der Waals surface area contributed by atoms with E-state index in [1.807, 2.05) is 12.1 Å². The molecule has 1 heterocycles. The van der Waals surface area contributed by atoms with Crippen LogP contribution in [0.4, 0.5) is 5.82 Å². The van der Waals surface area contributed by atoms with Crippen LogP contribution < -0.4 is 16.6 Å². The SMILES string of the molecule is Nc1cc(=O)[nH]c(Sc2ccc(CNC3CC3)c(Br)c2)n1. The molecule has 1 aliphatic rings. The Morgan fingerprint density at radius 3 is 2.90 bits per heavy atom. The van der Waals surface area contributed by atoms with Crippen molar-refractivity contribution in [2.75, 3.05) is 5.73 Å². The third-order valence-corrected chi connectivity index (χ3v) is 4.75. The lowest BCUT2D eigenvalue weighted by Gasteiger charge is -2.08. The number of aromatic amines is 1. The fraction of sp³-hybridized carbons (Fsp3) is 0.286. The summed E-state index contributed by atoms with van der Waals surface area (Å²) in [5.41, 5.74) is 6.56. The molecule has 0 radical (unpaired) electrons. The molecule has 0 amide bonds. The molecule has 2 aromatic rings. The highest BCUT2D eigenvalue weighted by Gasteiger charge is 2.20.